The first-order chi connectivity index (χ1) is 8.58. The van der Waals surface area contributed by atoms with Crippen LogP contribution in [0.3, 0.4) is 0 Å². The molecule has 2 rings (SSSR count). The number of piperidine rings is 1. The molecule has 0 aliphatic carbocycles. The summed E-state index contributed by atoms with van der Waals surface area (Å²) in [5, 5.41) is 14.0. The third kappa shape index (κ3) is 2.79. The molecule has 2 N–H and O–H groups in total. The van der Waals surface area contributed by atoms with Gasteiger partial charge in [-0.05, 0) is 18.8 Å². The normalized spacial score (nSPS) is 23.7. The zero-order valence-electron chi connectivity index (χ0n) is 10.00. The molecule has 2 atom stereocenters. The van der Waals surface area contributed by atoms with Gasteiger partial charge < -0.3 is 10.0 Å². The molecule has 6 nitrogen and oxygen atoms in total. The summed E-state index contributed by atoms with van der Waals surface area (Å²) in [4.78, 5) is 28.5. The van der Waals surface area contributed by atoms with Crippen LogP contribution in [0.5, 0.6) is 0 Å². The zero-order chi connectivity index (χ0) is 13.1. The number of carboxylic acids is 1. The van der Waals surface area contributed by atoms with Crippen molar-refractivity contribution in [3.8, 4) is 0 Å². The average Bonchev–Trinajstić information content (AvgIpc) is 2.81. The van der Waals surface area contributed by atoms with E-state index in [0.717, 1.165) is 6.42 Å². The van der Waals surface area contributed by atoms with Crippen LogP contribution in [0, 0.1) is 5.92 Å². The van der Waals surface area contributed by atoms with Crippen molar-refractivity contribution in [3.63, 3.8) is 0 Å². The van der Waals surface area contributed by atoms with Crippen molar-refractivity contribution in [1.29, 1.82) is 0 Å². The van der Waals surface area contributed by atoms with E-state index in [1.807, 2.05) is 6.92 Å². The van der Waals surface area contributed by atoms with Gasteiger partial charge in [-0.25, -0.2) is 14.6 Å². The lowest BCUT2D eigenvalue weighted by Gasteiger charge is -2.35. The molecule has 1 fully saturated rings. The Hall–Kier alpha value is -1.63. The Morgan fingerprint density at radius 2 is 2.39 bits per heavy atom. The largest absolute Gasteiger partial charge is 0.480 e. The maximum atomic E-state index is 12.0. The number of nitrogens with one attached hydrogen (secondary N) is 1. The highest BCUT2D eigenvalue weighted by molar-refractivity contribution is 7.13. The van der Waals surface area contributed by atoms with E-state index in [1.165, 1.54) is 16.2 Å². The fourth-order valence-corrected chi connectivity index (χ4v) is 2.59. The number of aromatic nitrogens is 1. The second kappa shape index (κ2) is 5.34. The smallest absolute Gasteiger partial charge is 0.326 e. The third-order valence-electron chi connectivity index (χ3n) is 3.06. The highest BCUT2D eigenvalue weighted by Crippen LogP contribution is 2.23. The van der Waals surface area contributed by atoms with Gasteiger partial charge in [-0.1, -0.05) is 6.92 Å². The Labute approximate surface area is 109 Å². The molecule has 1 aliphatic rings. The lowest BCUT2D eigenvalue weighted by molar-refractivity contribution is -0.143. The maximum Gasteiger partial charge on any atom is 0.326 e. The molecular formula is C11H15N3O3S. The highest BCUT2D eigenvalue weighted by atomic mass is 32.1. The lowest BCUT2D eigenvalue weighted by atomic mass is 9.93. The number of anilines is 1. The topological polar surface area (TPSA) is 82.5 Å². The number of carbonyl (C=O) groups excluding carboxylic acids is 1. The fourth-order valence-electron chi connectivity index (χ4n) is 2.07. The van der Waals surface area contributed by atoms with Gasteiger partial charge in [0.25, 0.3) is 0 Å². The van der Waals surface area contributed by atoms with Crippen molar-refractivity contribution in [1.82, 2.24) is 9.88 Å². The third-order valence-corrected chi connectivity index (χ3v) is 3.75. The van der Waals surface area contributed by atoms with Crippen LogP contribution in [0.2, 0.25) is 0 Å². The second-order valence-corrected chi connectivity index (χ2v) is 5.34. The quantitative estimate of drug-likeness (QED) is 0.858. The SMILES string of the molecule is CC1CCN(C(=O)Nc2nccs2)C(C(=O)O)C1. The number of urea groups is 1. The lowest BCUT2D eigenvalue weighted by Crippen LogP contribution is -2.51. The van der Waals surface area contributed by atoms with E-state index in [2.05, 4.69) is 10.3 Å². The fraction of sp³-hybridized carbons (Fsp3) is 0.545. The molecule has 0 radical (unpaired) electrons. The molecule has 0 aromatic carbocycles. The van der Waals surface area contributed by atoms with Crippen LogP contribution >= 0.6 is 11.3 Å². The summed E-state index contributed by atoms with van der Waals surface area (Å²) in [5.74, 6) is -0.620. The minimum atomic E-state index is -0.948. The summed E-state index contributed by atoms with van der Waals surface area (Å²) in [6, 6.07) is -1.13. The zero-order valence-corrected chi connectivity index (χ0v) is 10.8. The van der Waals surface area contributed by atoms with E-state index in [1.54, 1.807) is 11.6 Å². The van der Waals surface area contributed by atoms with Gasteiger partial charge in [0.15, 0.2) is 5.13 Å². The van der Waals surface area contributed by atoms with Crippen molar-refractivity contribution in [2.45, 2.75) is 25.8 Å². The number of aliphatic carboxylic acids is 1. The number of nitrogens with zero attached hydrogens (tertiary/aromatic N) is 2. The predicted molar refractivity (Wildman–Crippen MR) is 67.7 cm³/mol. The Kier molecular flexibility index (Phi) is 3.81. The number of amides is 2. The summed E-state index contributed by atoms with van der Waals surface area (Å²) in [5.41, 5.74) is 0. The van der Waals surface area contributed by atoms with Crippen LogP contribution in [0.25, 0.3) is 0 Å². The van der Waals surface area contributed by atoms with Gasteiger partial charge in [-0.2, -0.15) is 0 Å². The maximum absolute atomic E-state index is 12.0. The molecule has 1 aromatic heterocycles. The van der Waals surface area contributed by atoms with E-state index >= 15 is 0 Å². The molecule has 2 heterocycles. The standard InChI is InChI=1S/C11H15N3O3S/c1-7-2-4-14(8(6-7)9(15)16)11(17)13-10-12-3-5-18-10/h3,5,7-8H,2,4,6H2,1H3,(H,15,16)(H,12,13,17). The Balaban J connectivity index is 2.05. The van der Waals surface area contributed by atoms with Gasteiger partial charge in [0.05, 0.1) is 0 Å². The average molecular weight is 269 g/mol. The van der Waals surface area contributed by atoms with Crippen molar-refractivity contribution >= 4 is 28.5 Å². The van der Waals surface area contributed by atoms with E-state index in [9.17, 15) is 9.59 Å². The summed E-state index contributed by atoms with van der Waals surface area (Å²) in [7, 11) is 0. The van der Waals surface area contributed by atoms with Gasteiger partial charge in [-0.3, -0.25) is 5.32 Å². The van der Waals surface area contributed by atoms with Crippen LogP contribution in [0.15, 0.2) is 11.6 Å². The van der Waals surface area contributed by atoms with Crippen molar-refractivity contribution < 1.29 is 14.7 Å². The van der Waals surface area contributed by atoms with E-state index in [0.29, 0.717) is 24.0 Å². The van der Waals surface area contributed by atoms with Crippen molar-refractivity contribution in [2.24, 2.45) is 5.92 Å². The Morgan fingerprint density at radius 1 is 1.61 bits per heavy atom. The van der Waals surface area contributed by atoms with Crippen molar-refractivity contribution in [3.05, 3.63) is 11.6 Å². The van der Waals surface area contributed by atoms with E-state index < -0.39 is 12.0 Å². The van der Waals surface area contributed by atoms with E-state index in [-0.39, 0.29) is 6.03 Å². The number of carboxylic acid groups (broad SMARTS) is 1. The van der Waals surface area contributed by atoms with Gasteiger partial charge in [-0.15, -0.1) is 11.3 Å². The minimum absolute atomic E-state index is 0.329. The summed E-state index contributed by atoms with van der Waals surface area (Å²) < 4.78 is 0. The minimum Gasteiger partial charge on any atom is -0.480 e. The monoisotopic (exact) mass is 269 g/mol. The van der Waals surface area contributed by atoms with Crippen molar-refractivity contribution in [2.75, 3.05) is 11.9 Å². The van der Waals surface area contributed by atoms with E-state index in [4.69, 9.17) is 5.11 Å². The molecule has 7 heteroatoms. The second-order valence-electron chi connectivity index (χ2n) is 4.44. The number of thiazole rings is 1. The van der Waals surface area contributed by atoms with Crippen LogP contribution < -0.4 is 5.32 Å². The summed E-state index contributed by atoms with van der Waals surface area (Å²) in [6.45, 7) is 2.47. The van der Waals surface area contributed by atoms with Gasteiger partial charge in [0.1, 0.15) is 6.04 Å². The molecule has 2 unspecified atom stereocenters. The van der Waals surface area contributed by atoms with Crippen LogP contribution in [-0.4, -0.2) is 39.6 Å². The summed E-state index contributed by atoms with van der Waals surface area (Å²) in [6.07, 6.45) is 2.92. The van der Waals surface area contributed by atoms with Gasteiger partial charge >= 0.3 is 12.0 Å². The summed E-state index contributed by atoms with van der Waals surface area (Å²) >= 11 is 1.31. The molecule has 98 valence electrons. The first-order valence-corrected chi connectivity index (χ1v) is 6.66. The molecular weight excluding hydrogens is 254 g/mol. The molecule has 0 saturated carbocycles. The van der Waals surface area contributed by atoms with Gasteiger partial charge in [0, 0.05) is 18.1 Å². The molecule has 1 aromatic rings. The van der Waals surface area contributed by atoms with Crippen LogP contribution in [0.1, 0.15) is 19.8 Å². The number of likely N-dealkylation sites (tertiary alicyclic amines) is 1. The number of rotatable bonds is 2. The molecule has 1 aliphatic heterocycles. The molecule has 18 heavy (non-hydrogen) atoms. The first kappa shape index (κ1) is 12.8. The van der Waals surface area contributed by atoms with Gasteiger partial charge in [0.2, 0.25) is 0 Å². The first-order valence-electron chi connectivity index (χ1n) is 5.78. The molecule has 1 saturated heterocycles. The molecule has 2 amide bonds. The highest BCUT2D eigenvalue weighted by Gasteiger charge is 2.34. The molecule has 0 bridgehead atoms. The predicted octanol–water partition coefficient (Wildman–Crippen LogP) is 1.86. The Morgan fingerprint density at radius 3 is 3.00 bits per heavy atom. The number of hydrogen-bond acceptors (Lipinski definition) is 4. The number of carbonyl (C=O) groups is 2. The number of hydrogen-bond donors (Lipinski definition) is 2. The molecule has 0 spiro atoms. The Bertz CT molecular complexity index is 435. The van der Waals surface area contributed by atoms with Crippen LogP contribution in [0.4, 0.5) is 9.93 Å². The van der Waals surface area contributed by atoms with Crippen LogP contribution in [-0.2, 0) is 4.79 Å².